The lowest BCUT2D eigenvalue weighted by Crippen LogP contribution is -2.32. The summed E-state index contributed by atoms with van der Waals surface area (Å²) in [5.41, 5.74) is 2.55. The molecule has 7 heteroatoms. The fraction of sp³-hybridized carbons (Fsp3) is 0.409. The van der Waals surface area contributed by atoms with E-state index in [1.165, 1.54) is 0 Å². The lowest BCUT2D eigenvalue weighted by atomic mass is 9.87. The molecule has 2 N–H and O–H groups in total. The van der Waals surface area contributed by atoms with E-state index in [-0.39, 0.29) is 29.5 Å². The van der Waals surface area contributed by atoms with E-state index in [1.54, 1.807) is 38.1 Å². The molecule has 29 heavy (non-hydrogen) atoms. The van der Waals surface area contributed by atoms with E-state index in [0.29, 0.717) is 17.1 Å². The predicted molar refractivity (Wildman–Crippen MR) is 118 cm³/mol. The van der Waals surface area contributed by atoms with Crippen LogP contribution in [0.4, 0.5) is 0 Å². The second kappa shape index (κ2) is 10.2. The molecule has 0 aliphatic rings. The Hall–Kier alpha value is -1.89. The number of rotatable bonds is 9. The summed E-state index contributed by atoms with van der Waals surface area (Å²) in [4.78, 5) is 12.8. The molecule has 158 valence electrons. The molecule has 0 fully saturated rings. The minimum Gasteiger partial charge on any atom is -0.351 e. The predicted octanol–water partition coefficient (Wildman–Crippen LogP) is 4.22. The van der Waals surface area contributed by atoms with Gasteiger partial charge in [0.2, 0.25) is 15.9 Å². The normalized spacial score (nSPS) is 12.9. The molecule has 2 rings (SSSR count). The maximum absolute atomic E-state index is 12.8. The third kappa shape index (κ3) is 7.46. The van der Waals surface area contributed by atoms with Crippen LogP contribution < -0.4 is 10.0 Å². The van der Waals surface area contributed by atoms with Gasteiger partial charge in [-0.1, -0.05) is 61.8 Å². The van der Waals surface area contributed by atoms with Crippen molar-refractivity contribution < 1.29 is 13.2 Å². The van der Waals surface area contributed by atoms with Crippen molar-refractivity contribution in [3.8, 4) is 0 Å². The number of nitrogens with one attached hydrogen (secondary N) is 2. The van der Waals surface area contributed by atoms with Crippen molar-refractivity contribution in [2.45, 2.75) is 52.0 Å². The monoisotopic (exact) mass is 436 g/mol. The Labute approximate surface area is 178 Å². The van der Waals surface area contributed by atoms with Crippen molar-refractivity contribution >= 4 is 27.5 Å². The molecule has 0 aromatic heterocycles. The molecule has 0 unspecified atom stereocenters. The summed E-state index contributed by atoms with van der Waals surface area (Å²) in [5, 5.41) is 3.63. The number of carbonyl (C=O) groups excluding carboxylic acids is 1. The minimum atomic E-state index is -3.36. The smallest absolute Gasteiger partial charge is 0.228 e. The number of carbonyl (C=O) groups is 1. The van der Waals surface area contributed by atoms with Gasteiger partial charge in [-0.05, 0) is 48.6 Å². The quantitative estimate of drug-likeness (QED) is 0.617. The van der Waals surface area contributed by atoms with Crippen LogP contribution in [0.15, 0.2) is 48.5 Å². The molecule has 2 aromatic carbocycles. The molecular formula is C22H29ClN2O3S. The van der Waals surface area contributed by atoms with Crippen LogP contribution >= 0.6 is 11.6 Å². The van der Waals surface area contributed by atoms with E-state index >= 15 is 0 Å². The number of benzene rings is 2. The molecule has 0 radical (unpaired) electrons. The highest BCUT2D eigenvalue weighted by molar-refractivity contribution is 7.88. The highest BCUT2D eigenvalue weighted by atomic mass is 35.5. The zero-order chi connectivity index (χ0) is 21.6. The molecule has 1 atom stereocenters. The van der Waals surface area contributed by atoms with E-state index in [4.69, 9.17) is 11.6 Å². The Bertz CT molecular complexity index is 908. The second-order valence-electron chi connectivity index (χ2n) is 7.84. The highest BCUT2D eigenvalue weighted by Gasteiger charge is 2.24. The molecule has 0 aliphatic carbocycles. The van der Waals surface area contributed by atoms with Crippen molar-refractivity contribution in [1.82, 2.24) is 10.0 Å². The summed E-state index contributed by atoms with van der Waals surface area (Å²) in [6.45, 7) is 7.99. The summed E-state index contributed by atoms with van der Waals surface area (Å²) in [6.07, 6.45) is 0. The lowest BCUT2D eigenvalue weighted by Gasteiger charge is -2.21. The first-order valence-corrected chi connectivity index (χ1v) is 11.7. The van der Waals surface area contributed by atoms with Gasteiger partial charge >= 0.3 is 0 Å². The van der Waals surface area contributed by atoms with Gasteiger partial charge in [-0.2, -0.15) is 0 Å². The number of sulfonamides is 1. The van der Waals surface area contributed by atoms with Crippen molar-refractivity contribution in [3.05, 3.63) is 70.2 Å². The Balaban J connectivity index is 1.99. The molecule has 2 aromatic rings. The largest absolute Gasteiger partial charge is 0.351 e. The minimum absolute atomic E-state index is 0.0462. The van der Waals surface area contributed by atoms with E-state index < -0.39 is 10.0 Å². The lowest BCUT2D eigenvalue weighted by molar-refractivity contribution is -0.123. The van der Waals surface area contributed by atoms with E-state index in [9.17, 15) is 13.2 Å². The van der Waals surface area contributed by atoms with Crippen LogP contribution in [0.1, 0.15) is 50.3 Å². The number of halogens is 1. The molecule has 0 saturated carbocycles. The van der Waals surface area contributed by atoms with E-state index in [2.05, 4.69) is 10.0 Å². The average Bonchev–Trinajstić information content (AvgIpc) is 2.61. The molecule has 0 heterocycles. The van der Waals surface area contributed by atoms with Gasteiger partial charge in [-0.3, -0.25) is 4.79 Å². The van der Waals surface area contributed by atoms with Gasteiger partial charge in [0.15, 0.2) is 0 Å². The summed E-state index contributed by atoms with van der Waals surface area (Å²) < 4.78 is 26.6. The number of amides is 1. The van der Waals surface area contributed by atoms with Crippen LogP contribution in [0.2, 0.25) is 5.02 Å². The standard InChI is InChI=1S/C22H29ClN2O3S/c1-15(2)21(19-9-11-20(23)12-10-19)22(26)24-13-17-5-7-18(8-6-17)14-29(27,28)25-16(3)4/h5-12,15-16,21,25H,13-14H2,1-4H3,(H,24,26)/t21-/m0/s1. The van der Waals surface area contributed by atoms with Crippen LogP contribution in [-0.2, 0) is 27.1 Å². The second-order valence-corrected chi connectivity index (χ2v) is 10.0. The van der Waals surface area contributed by atoms with E-state index in [0.717, 1.165) is 11.1 Å². The molecule has 0 bridgehead atoms. The van der Waals surface area contributed by atoms with Crippen LogP contribution in [0.5, 0.6) is 0 Å². The highest BCUT2D eigenvalue weighted by Crippen LogP contribution is 2.26. The Kier molecular flexibility index (Phi) is 8.25. The van der Waals surface area contributed by atoms with Gasteiger partial charge in [0, 0.05) is 17.6 Å². The van der Waals surface area contributed by atoms with Gasteiger partial charge < -0.3 is 5.32 Å². The SMILES string of the molecule is CC(C)NS(=O)(=O)Cc1ccc(CNC(=O)[C@H](c2ccc(Cl)cc2)C(C)C)cc1. The maximum atomic E-state index is 12.8. The first kappa shape index (κ1) is 23.4. The van der Waals surface area contributed by atoms with Crippen LogP contribution in [0.3, 0.4) is 0 Å². The fourth-order valence-corrected chi connectivity index (χ4v) is 4.74. The molecular weight excluding hydrogens is 408 g/mol. The number of hydrogen-bond acceptors (Lipinski definition) is 3. The Morgan fingerprint density at radius 3 is 2.00 bits per heavy atom. The van der Waals surface area contributed by atoms with Crippen molar-refractivity contribution in [1.29, 1.82) is 0 Å². The third-order valence-corrected chi connectivity index (χ3v) is 6.24. The fourth-order valence-electron chi connectivity index (χ4n) is 3.18. The summed E-state index contributed by atoms with van der Waals surface area (Å²) in [7, 11) is -3.36. The zero-order valence-corrected chi connectivity index (χ0v) is 18.8. The Morgan fingerprint density at radius 1 is 0.931 bits per heavy atom. The van der Waals surface area contributed by atoms with E-state index in [1.807, 2.05) is 38.1 Å². The number of hydrogen-bond donors (Lipinski definition) is 2. The van der Waals surface area contributed by atoms with Gasteiger partial charge in [0.05, 0.1) is 11.7 Å². The third-order valence-electron chi connectivity index (χ3n) is 4.44. The topological polar surface area (TPSA) is 75.3 Å². The van der Waals surface area contributed by atoms with Crippen LogP contribution in [0.25, 0.3) is 0 Å². The van der Waals surface area contributed by atoms with Crippen LogP contribution in [0, 0.1) is 5.92 Å². The van der Waals surface area contributed by atoms with Crippen molar-refractivity contribution in [3.63, 3.8) is 0 Å². The first-order valence-electron chi connectivity index (χ1n) is 9.68. The van der Waals surface area contributed by atoms with Crippen molar-refractivity contribution in [2.24, 2.45) is 5.92 Å². The molecule has 0 saturated heterocycles. The summed E-state index contributed by atoms with van der Waals surface area (Å²) in [5.74, 6) is -0.241. The molecule has 5 nitrogen and oxygen atoms in total. The van der Waals surface area contributed by atoms with Crippen molar-refractivity contribution in [2.75, 3.05) is 0 Å². The zero-order valence-electron chi connectivity index (χ0n) is 17.3. The van der Waals surface area contributed by atoms with Gasteiger partial charge in [-0.15, -0.1) is 0 Å². The summed E-state index contributed by atoms with van der Waals surface area (Å²) >= 11 is 5.95. The molecule has 0 spiro atoms. The molecule has 0 aliphatic heterocycles. The summed E-state index contributed by atoms with van der Waals surface area (Å²) in [6, 6.07) is 14.4. The average molecular weight is 437 g/mol. The van der Waals surface area contributed by atoms with Gasteiger partial charge in [0.1, 0.15) is 0 Å². The first-order chi connectivity index (χ1) is 13.6. The molecule has 1 amide bonds. The van der Waals surface area contributed by atoms with Gasteiger partial charge in [0.25, 0.3) is 0 Å². The van der Waals surface area contributed by atoms with Crippen LogP contribution in [-0.4, -0.2) is 20.4 Å². The van der Waals surface area contributed by atoms with Gasteiger partial charge in [-0.25, -0.2) is 13.1 Å². The maximum Gasteiger partial charge on any atom is 0.228 e. The Morgan fingerprint density at radius 2 is 1.48 bits per heavy atom.